The molecule has 4 rings (SSSR count). The highest BCUT2D eigenvalue weighted by atomic mass is 32.1. The summed E-state index contributed by atoms with van der Waals surface area (Å²) in [5.41, 5.74) is 3.67. The topological polar surface area (TPSA) is 78.5 Å². The maximum absolute atomic E-state index is 4.41. The van der Waals surface area contributed by atoms with Crippen molar-refractivity contribution < 1.29 is 0 Å². The minimum atomic E-state index is 0.551. The Morgan fingerprint density at radius 2 is 1.78 bits per heavy atom. The number of H-pyrrole nitrogens is 1. The van der Waals surface area contributed by atoms with Crippen molar-refractivity contribution >= 4 is 44.7 Å². The van der Waals surface area contributed by atoms with E-state index < -0.39 is 0 Å². The normalized spacial score (nSPS) is 10.8. The molecule has 7 heteroatoms. The van der Waals surface area contributed by atoms with Gasteiger partial charge in [0.05, 0.1) is 33.5 Å². The number of aryl methyl sites for hydroxylation is 1. The molecule has 0 aliphatic carbocycles. The van der Waals surface area contributed by atoms with Crippen LogP contribution in [0.25, 0.3) is 10.3 Å². The third-order valence-electron chi connectivity index (χ3n) is 3.29. The summed E-state index contributed by atoms with van der Waals surface area (Å²) < 4.78 is 1.08. The first-order valence-electron chi connectivity index (χ1n) is 7.13. The first-order chi connectivity index (χ1) is 11.3. The second kappa shape index (κ2) is 5.69. The highest BCUT2D eigenvalue weighted by molar-refractivity contribution is 7.19. The number of thiazole rings is 1. The zero-order valence-electron chi connectivity index (χ0n) is 12.4. The number of benzene rings is 1. The van der Waals surface area contributed by atoms with Crippen molar-refractivity contribution in [1.82, 2.24) is 19.9 Å². The van der Waals surface area contributed by atoms with Gasteiger partial charge in [-0.3, -0.25) is 0 Å². The van der Waals surface area contributed by atoms with Crippen LogP contribution in [-0.4, -0.2) is 19.9 Å². The lowest BCUT2D eigenvalue weighted by atomic mass is 10.3. The van der Waals surface area contributed by atoms with Gasteiger partial charge in [0.1, 0.15) is 0 Å². The summed E-state index contributed by atoms with van der Waals surface area (Å²) in [6.07, 6.45) is 5.39. The molecule has 0 atom stereocenters. The zero-order valence-corrected chi connectivity index (χ0v) is 13.2. The molecule has 0 aliphatic heterocycles. The molecule has 0 saturated carbocycles. The minimum absolute atomic E-state index is 0.551. The second-order valence-corrected chi connectivity index (χ2v) is 6.23. The SMILES string of the molecule is Cc1nc2[nH]cc(Nc3ncc(Nc4ccccc4)cn3)c2s1. The van der Waals surface area contributed by atoms with Crippen LogP contribution in [0.5, 0.6) is 0 Å². The maximum atomic E-state index is 4.41. The molecule has 0 spiro atoms. The zero-order chi connectivity index (χ0) is 15.6. The number of fused-ring (bicyclic) bond motifs is 1. The number of aromatic nitrogens is 4. The Hall–Kier alpha value is -2.93. The van der Waals surface area contributed by atoms with Gasteiger partial charge in [-0.25, -0.2) is 15.0 Å². The van der Waals surface area contributed by atoms with Gasteiger partial charge < -0.3 is 15.6 Å². The van der Waals surface area contributed by atoms with Crippen molar-refractivity contribution in [3.8, 4) is 0 Å². The van der Waals surface area contributed by atoms with Gasteiger partial charge in [0.2, 0.25) is 5.95 Å². The van der Waals surface area contributed by atoms with E-state index in [9.17, 15) is 0 Å². The highest BCUT2D eigenvalue weighted by Gasteiger charge is 2.09. The summed E-state index contributed by atoms with van der Waals surface area (Å²) >= 11 is 1.64. The van der Waals surface area contributed by atoms with Crippen LogP contribution in [-0.2, 0) is 0 Å². The number of nitrogens with zero attached hydrogens (tertiary/aromatic N) is 3. The molecule has 114 valence electrons. The first-order valence-corrected chi connectivity index (χ1v) is 7.95. The van der Waals surface area contributed by atoms with Crippen LogP contribution >= 0.6 is 11.3 Å². The predicted molar refractivity (Wildman–Crippen MR) is 93.7 cm³/mol. The van der Waals surface area contributed by atoms with E-state index in [4.69, 9.17) is 0 Å². The fourth-order valence-corrected chi connectivity index (χ4v) is 3.13. The maximum Gasteiger partial charge on any atom is 0.227 e. The summed E-state index contributed by atoms with van der Waals surface area (Å²) in [5.74, 6) is 0.551. The van der Waals surface area contributed by atoms with Crippen LogP contribution in [0.3, 0.4) is 0 Å². The number of hydrogen-bond donors (Lipinski definition) is 3. The van der Waals surface area contributed by atoms with Crippen molar-refractivity contribution in [2.24, 2.45) is 0 Å². The molecule has 1 aromatic carbocycles. The number of rotatable bonds is 4. The number of para-hydroxylation sites is 1. The van der Waals surface area contributed by atoms with E-state index in [0.717, 1.165) is 32.4 Å². The lowest BCUT2D eigenvalue weighted by Gasteiger charge is -2.06. The quantitative estimate of drug-likeness (QED) is 0.524. The monoisotopic (exact) mass is 322 g/mol. The molecule has 3 heterocycles. The van der Waals surface area contributed by atoms with Gasteiger partial charge in [0.15, 0.2) is 5.65 Å². The summed E-state index contributed by atoms with van der Waals surface area (Å²) in [5, 5.41) is 7.50. The molecule has 0 bridgehead atoms. The van der Waals surface area contributed by atoms with Gasteiger partial charge >= 0.3 is 0 Å². The standard InChI is InChI=1S/C16H14N6S/c1-10-20-15-14(23-10)13(9-17-15)22-16-18-7-12(8-19-16)21-11-5-3-2-4-6-11/h2-9,17,21H,1H3,(H,18,19,22). The van der Waals surface area contributed by atoms with Crippen LogP contribution in [0.15, 0.2) is 48.9 Å². The first kappa shape index (κ1) is 13.7. The van der Waals surface area contributed by atoms with E-state index in [1.54, 1.807) is 23.7 Å². The smallest absolute Gasteiger partial charge is 0.227 e. The molecule has 0 amide bonds. The van der Waals surface area contributed by atoms with Gasteiger partial charge in [0.25, 0.3) is 0 Å². The van der Waals surface area contributed by atoms with Gasteiger partial charge in [-0.2, -0.15) is 0 Å². The molecule has 4 aromatic rings. The Morgan fingerprint density at radius 3 is 2.57 bits per heavy atom. The lowest BCUT2D eigenvalue weighted by molar-refractivity contribution is 1.17. The predicted octanol–water partition coefficient (Wildman–Crippen LogP) is 4.21. The summed E-state index contributed by atoms with van der Waals surface area (Å²) in [6.45, 7) is 1.99. The minimum Gasteiger partial charge on any atom is -0.353 e. The molecule has 0 radical (unpaired) electrons. The van der Waals surface area contributed by atoms with Crippen molar-refractivity contribution in [2.75, 3.05) is 10.6 Å². The highest BCUT2D eigenvalue weighted by Crippen LogP contribution is 2.30. The number of anilines is 4. The lowest BCUT2D eigenvalue weighted by Crippen LogP contribution is -1.98. The van der Waals surface area contributed by atoms with Crippen LogP contribution in [0.2, 0.25) is 0 Å². The average molecular weight is 322 g/mol. The molecule has 0 fully saturated rings. The molecule has 3 aromatic heterocycles. The molecule has 0 unspecified atom stereocenters. The van der Waals surface area contributed by atoms with E-state index in [1.165, 1.54) is 0 Å². The average Bonchev–Trinajstić information content (AvgIpc) is 3.11. The van der Waals surface area contributed by atoms with Crippen LogP contribution in [0.4, 0.5) is 23.0 Å². The Balaban J connectivity index is 1.52. The molecule has 0 aliphatic rings. The van der Waals surface area contributed by atoms with Crippen molar-refractivity contribution in [3.63, 3.8) is 0 Å². The van der Waals surface area contributed by atoms with E-state index in [2.05, 4.69) is 30.6 Å². The van der Waals surface area contributed by atoms with E-state index in [1.807, 2.05) is 43.5 Å². The molecule has 23 heavy (non-hydrogen) atoms. The molecule has 6 nitrogen and oxygen atoms in total. The number of aromatic amines is 1. The molecular weight excluding hydrogens is 308 g/mol. The largest absolute Gasteiger partial charge is 0.353 e. The number of hydrogen-bond acceptors (Lipinski definition) is 6. The Kier molecular flexibility index (Phi) is 3.39. The summed E-state index contributed by atoms with van der Waals surface area (Å²) in [4.78, 5) is 16.2. The van der Waals surface area contributed by atoms with Crippen molar-refractivity contribution in [2.45, 2.75) is 6.92 Å². The Bertz CT molecular complexity index is 926. The van der Waals surface area contributed by atoms with Gasteiger partial charge in [0, 0.05) is 11.9 Å². The third kappa shape index (κ3) is 2.86. The van der Waals surface area contributed by atoms with Crippen molar-refractivity contribution in [1.29, 1.82) is 0 Å². The van der Waals surface area contributed by atoms with Crippen LogP contribution in [0, 0.1) is 6.92 Å². The molecular formula is C16H14N6S. The molecule has 0 saturated heterocycles. The van der Waals surface area contributed by atoms with Gasteiger partial charge in [-0.1, -0.05) is 18.2 Å². The van der Waals surface area contributed by atoms with E-state index >= 15 is 0 Å². The van der Waals surface area contributed by atoms with Crippen LogP contribution < -0.4 is 10.6 Å². The van der Waals surface area contributed by atoms with Crippen molar-refractivity contribution in [3.05, 3.63) is 53.9 Å². The third-order valence-corrected chi connectivity index (χ3v) is 4.30. The second-order valence-electron chi connectivity index (χ2n) is 5.02. The van der Waals surface area contributed by atoms with E-state index in [-0.39, 0.29) is 0 Å². The van der Waals surface area contributed by atoms with E-state index in [0.29, 0.717) is 5.95 Å². The molecule has 3 N–H and O–H groups in total. The summed E-state index contributed by atoms with van der Waals surface area (Å²) in [6, 6.07) is 9.93. The fourth-order valence-electron chi connectivity index (χ4n) is 2.27. The summed E-state index contributed by atoms with van der Waals surface area (Å²) in [7, 11) is 0. The Labute approximate surface area is 136 Å². The fraction of sp³-hybridized carbons (Fsp3) is 0.0625. The van der Waals surface area contributed by atoms with Crippen LogP contribution in [0.1, 0.15) is 5.01 Å². The Morgan fingerprint density at radius 1 is 1.00 bits per heavy atom. The number of nitrogens with one attached hydrogen (secondary N) is 3. The van der Waals surface area contributed by atoms with Gasteiger partial charge in [-0.05, 0) is 19.1 Å². The van der Waals surface area contributed by atoms with Gasteiger partial charge in [-0.15, -0.1) is 11.3 Å².